The second kappa shape index (κ2) is 10.1. The lowest BCUT2D eigenvalue weighted by molar-refractivity contribution is -0.120. The number of ether oxygens (including phenoxy) is 1. The maximum Gasteiger partial charge on any atom is 0.317 e. The second-order valence-corrected chi connectivity index (χ2v) is 5.95. The Balaban J connectivity index is 1.66. The lowest BCUT2D eigenvalue weighted by atomic mass is 10.1. The Morgan fingerprint density at radius 2 is 1.65 bits per heavy atom. The fourth-order valence-corrected chi connectivity index (χ4v) is 2.47. The minimum atomic E-state index is -0.190. The number of nitrogens with one attached hydrogen (secondary N) is 2. The van der Waals surface area contributed by atoms with Crippen molar-refractivity contribution in [2.24, 2.45) is 0 Å². The third kappa shape index (κ3) is 6.47. The summed E-state index contributed by atoms with van der Waals surface area (Å²) in [6, 6.07) is 16.9. The van der Waals surface area contributed by atoms with Crippen molar-refractivity contribution in [1.29, 1.82) is 0 Å². The molecule has 0 aliphatic rings. The number of rotatable bonds is 8. The van der Waals surface area contributed by atoms with Crippen molar-refractivity contribution in [1.82, 2.24) is 15.5 Å². The van der Waals surface area contributed by atoms with Crippen LogP contribution in [-0.2, 0) is 17.8 Å². The van der Waals surface area contributed by atoms with Crippen LogP contribution in [0.25, 0.3) is 0 Å². The molecule has 0 atom stereocenters. The second-order valence-electron chi connectivity index (χ2n) is 5.95. The minimum Gasteiger partial charge on any atom is -0.497 e. The van der Waals surface area contributed by atoms with Gasteiger partial charge in [-0.3, -0.25) is 4.79 Å². The summed E-state index contributed by atoms with van der Waals surface area (Å²) in [5, 5.41) is 5.59. The van der Waals surface area contributed by atoms with E-state index in [0.717, 1.165) is 16.9 Å². The Hall–Kier alpha value is -3.02. The number of hydrogen-bond donors (Lipinski definition) is 2. The first kappa shape index (κ1) is 19.3. The molecular weight excluding hydrogens is 330 g/mol. The van der Waals surface area contributed by atoms with Crippen molar-refractivity contribution < 1.29 is 14.3 Å². The fourth-order valence-electron chi connectivity index (χ4n) is 2.47. The van der Waals surface area contributed by atoms with Crippen LogP contribution in [0.15, 0.2) is 54.6 Å². The SMILES string of the molecule is COc1cccc(CN(C)C(=O)NCCNC(=O)Cc2ccccc2)c1. The van der Waals surface area contributed by atoms with Gasteiger partial charge in [-0.2, -0.15) is 0 Å². The summed E-state index contributed by atoms with van der Waals surface area (Å²) >= 11 is 0. The van der Waals surface area contributed by atoms with Gasteiger partial charge in [0.2, 0.25) is 5.91 Å². The molecule has 0 saturated heterocycles. The smallest absolute Gasteiger partial charge is 0.317 e. The molecule has 0 heterocycles. The molecule has 6 nitrogen and oxygen atoms in total. The Bertz CT molecular complexity index is 719. The van der Waals surface area contributed by atoms with Crippen molar-refractivity contribution >= 4 is 11.9 Å². The van der Waals surface area contributed by atoms with Gasteiger partial charge < -0.3 is 20.3 Å². The number of nitrogens with zero attached hydrogens (tertiary/aromatic N) is 1. The van der Waals surface area contributed by atoms with Crippen LogP contribution in [0.1, 0.15) is 11.1 Å². The number of carbonyl (C=O) groups is 2. The zero-order valence-electron chi connectivity index (χ0n) is 15.2. The van der Waals surface area contributed by atoms with Gasteiger partial charge in [-0.1, -0.05) is 42.5 Å². The Morgan fingerprint density at radius 3 is 2.38 bits per heavy atom. The highest BCUT2D eigenvalue weighted by molar-refractivity contribution is 5.78. The quantitative estimate of drug-likeness (QED) is 0.713. The van der Waals surface area contributed by atoms with Gasteiger partial charge in [0.15, 0.2) is 0 Å². The zero-order chi connectivity index (χ0) is 18.8. The zero-order valence-corrected chi connectivity index (χ0v) is 15.2. The van der Waals surface area contributed by atoms with Crippen LogP contribution < -0.4 is 15.4 Å². The Labute approximate surface area is 154 Å². The van der Waals surface area contributed by atoms with E-state index in [1.165, 1.54) is 0 Å². The van der Waals surface area contributed by atoms with E-state index in [1.54, 1.807) is 19.1 Å². The molecule has 0 aliphatic heterocycles. The highest BCUT2D eigenvalue weighted by atomic mass is 16.5. The van der Waals surface area contributed by atoms with Crippen LogP contribution in [0.3, 0.4) is 0 Å². The molecule has 0 bridgehead atoms. The lowest BCUT2D eigenvalue weighted by Crippen LogP contribution is -2.41. The van der Waals surface area contributed by atoms with Crippen molar-refractivity contribution in [2.45, 2.75) is 13.0 Å². The van der Waals surface area contributed by atoms with Gasteiger partial charge in [-0.25, -0.2) is 4.79 Å². The van der Waals surface area contributed by atoms with E-state index >= 15 is 0 Å². The largest absolute Gasteiger partial charge is 0.497 e. The van der Waals surface area contributed by atoms with Crippen molar-refractivity contribution in [2.75, 3.05) is 27.2 Å². The Kier molecular flexibility index (Phi) is 7.49. The van der Waals surface area contributed by atoms with E-state index in [2.05, 4.69) is 10.6 Å². The number of methoxy groups -OCH3 is 1. The van der Waals surface area contributed by atoms with Gasteiger partial charge in [0.1, 0.15) is 5.75 Å². The average Bonchev–Trinajstić information content (AvgIpc) is 2.66. The molecule has 26 heavy (non-hydrogen) atoms. The molecule has 2 aromatic carbocycles. The molecule has 3 amide bonds. The molecule has 0 aliphatic carbocycles. The molecule has 2 rings (SSSR count). The van der Waals surface area contributed by atoms with Crippen LogP contribution in [0.5, 0.6) is 5.75 Å². The number of hydrogen-bond acceptors (Lipinski definition) is 3. The van der Waals surface area contributed by atoms with Crippen LogP contribution >= 0.6 is 0 Å². The first-order valence-corrected chi connectivity index (χ1v) is 8.51. The summed E-state index contributed by atoms with van der Waals surface area (Å²) in [6.07, 6.45) is 0.338. The molecule has 138 valence electrons. The van der Waals surface area contributed by atoms with Gasteiger partial charge >= 0.3 is 6.03 Å². The summed E-state index contributed by atoms with van der Waals surface area (Å²) in [6.45, 7) is 1.25. The predicted octanol–water partition coefficient (Wildman–Crippen LogP) is 2.20. The first-order chi connectivity index (χ1) is 12.6. The molecule has 6 heteroatoms. The fraction of sp³-hybridized carbons (Fsp3) is 0.300. The third-order valence-corrected chi connectivity index (χ3v) is 3.83. The van der Waals surface area contributed by atoms with Crippen LogP contribution in [0, 0.1) is 0 Å². The van der Waals surface area contributed by atoms with Crippen LogP contribution in [0.4, 0.5) is 4.79 Å². The molecule has 0 aromatic heterocycles. The van der Waals surface area contributed by atoms with Gasteiger partial charge in [0, 0.05) is 26.7 Å². The molecule has 0 radical (unpaired) electrons. The predicted molar refractivity (Wildman–Crippen MR) is 101 cm³/mol. The van der Waals surface area contributed by atoms with Crippen molar-refractivity contribution in [3.63, 3.8) is 0 Å². The molecular formula is C20H25N3O3. The molecule has 2 aromatic rings. The van der Waals surface area contributed by atoms with Crippen molar-refractivity contribution in [3.8, 4) is 5.75 Å². The molecule has 0 unspecified atom stereocenters. The first-order valence-electron chi connectivity index (χ1n) is 8.51. The Morgan fingerprint density at radius 1 is 0.962 bits per heavy atom. The third-order valence-electron chi connectivity index (χ3n) is 3.83. The number of amides is 3. The summed E-state index contributed by atoms with van der Waals surface area (Å²) in [7, 11) is 3.34. The van der Waals surface area contributed by atoms with Crippen LogP contribution in [-0.4, -0.2) is 44.1 Å². The van der Waals surface area contributed by atoms with Crippen molar-refractivity contribution in [3.05, 3.63) is 65.7 Å². The molecule has 0 fully saturated rings. The van der Waals surface area contributed by atoms with E-state index in [4.69, 9.17) is 4.74 Å². The summed E-state index contributed by atoms with van der Waals surface area (Å²) in [5.41, 5.74) is 1.95. The standard InChI is InChI=1S/C20H25N3O3/c1-23(15-17-9-6-10-18(13-17)26-2)20(25)22-12-11-21-19(24)14-16-7-4-3-5-8-16/h3-10,13H,11-12,14-15H2,1-2H3,(H,21,24)(H,22,25). The molecule has 0 saturated carbocycles. The highest BCUT2D eigenvalue weighted by Gasteiger charge is 2.09. The number of urea groups is 1. The summed E-state index contributed by atoms with van der Waals surface area (Å²) < 4.78 is 5.18. The van der Waals surface area contributed by atoms with Gasteiger partial charge in [-0.15, -0.1) is 0 Å². The van der Waals surface area contributed by atoms with Gasteiger partial charge in [-0.05, 0) is 23.3 Å². The number of carbonyl (C=O) groups excluding carboxylic acids is 2. The summed E-state index contributed by atoms with van der Waals surface area (Å²) in [5.74, 6) is 0.702. The van der Waals surface area contributed by atoms with E-state index < -0.39 is 0 Å². The average molecular weight is 355 g/mol. The maximum atomic E-state index is 12.1. The molecule has 0 spiro atoms. The normalized spacial score (nSPS) is 10.1. The minimum absolute atomic E-state index is 0.0600. The lowest BCUT2D eigenvalue weighted by Gasteiger charge is -2.18. The maximum absolute atomic E-state index is 12.1. The number of benzene rings is 2. The highest BCUT2D eigenvalue weighted by Crippen LogP contribution is 2.13. The van der Waals surface area contributed by atoms with E-state index in [9.17, 15) is 9.59 Å². The monoisotopic (exact) mass is 355 g/mol. The van der Waals surface area contributed by atoms with Gasteiger partial charge in [0.25, 0.3) is 0 Å². The van der Waals surface area contributed by atoms with E-state index in [-0.39, 0.29) is 11.9 Å². The summed E-state index contributed by atoms with van der Waals surface area (Å²) in [4.78, 5) is 25.5. The van der Waals surface area contributed by atoms with E-state index in [1.807, 2.05) is 54.6 Å². The van der Waals surface area contributed by atoms with Crippen LogP contribution in [0.2, 0.25) is 0 Å². The topological polar surface area (TPSA) is 70.7 Å². The van der Waals surface area contributed by atoms with E-state index in [0.29, 0.717) is 26.1 Å². The molecule has 2 N–H and O–H groups in total. The van der Waals surface area contributed by atoms with Gasteiger partial charge in [0.05, 0.1) is 13.5 Å².